The summed E-state index contributed by atoms with van der Waals surface area (Å²) < 4.78 is 10.4. The summed E-state index contributed by atoms with van der Waals surface area (Å²) in [5.41, 5.74) is 1.18. The minimum Gasteiger partial charge on any atom is -0.490 e. The first-order valence-corrected chi connectivity index (χ1v) is 5.50. The third-order valence-corrected chi connectivity index (χ3v) is 2.92. The summed E-state index contributed by atoms with van der Waals surface area (Å²) >= 11 is 0. The number of hydrogen-bond donors (Lipinski definition) is 0. The van der Waals surface area contributed by atoms with Crippen LogP contribution < -0.4 is 4.74 Å². The van der Waals surface area contributed by atoms with Crippen LogP contribution in [0.25, 0.3) is 0 Å². The standard InChI is InChI=1S/C13H16O3/c1-9-4-3-5-11(6-9)16-12-7-10(8-12)13(14)15-2/h3-6,10,12H,7-8H2,1-2H3. The molecule has 0 radical (unpaired) electrons. The number of esters is 1. The van der Waals surface area contributed by atoms with Gasteiger partial charge in [0.2, 0.25) is 0 Å². The molecule has 0 N–H and O–H groups in total. The van der Waals surface area contributed by atoms with Crippen LogP contribution in [0, 0.1) is 12.8 Å². The molecule has 1 saturated carbocycles. The van der Waals surface area contributed by atoms with Crippen LogP contribution in [0.15, 0.2) is 24.3 Å². The van der Waals surface area contributed by atoms with E-state index in [4.69, 9.17) is 4.74 Å². The predicted molar refractivity (Wildman–Crippen MR) is 60.3 cm³/mol. The zero-order chi connectivity index (χ0) is 11.5. The maximum Gasteiger partial charge on any atom is 0.308 e. The monoisotopic (exact) mass is 220 g/mol. The van der Waals surface area contributed by atoms with E-state index in [1.54, 1.807) is 0 Å². The van der Waals surface area contributed by atoms with E-state index in [0.717, 1.165) is 18.6 Å². The molecule has 0 saturated heterocycles. The van der Waals surface area contributed by atoms with Crippen molar-refractivity contribution in [3.8, 4) is 5.75 Å². The molecule has 16 heavy (non-hydrogen) atoms. The second kappa shape index (κ2) is 4.56. The lowest BCUT2D eigenvalue weighted by Crippen LogP contribution is -2.38. The number of hydrogen-bond acceptors (Lipinski definition) is 3. The molecular weight excluding hydrogens is 204 g/mol. The molecule has 0 atom stereocenters. The fraction of sp³-hybridized carbons (Fsp3) is 0.462. The van der Waals surface area contributed by atoms with Gasteiger partial charge in [-0.05, 0) is 37.5 Å². The van der Waals surface area contributed by atoms with Crippen LogP contribution in [0.5, 0.6) is 5.75 Å². The molecule has 0 aliphatic heterocycles. The molecule has 0 heterocycles. The fourth-order valence-corrected chi connectivity index (χ4v) is 1.90. The summed E-state index contributed by atoms with van der Waals surface area (Å²) in [7, 11) is 1.43. The minimum absolute atomic E-state index is 0.0276. The Morgan fingerprint density at radius 2 is 2.12 bits per heavy atom. The van der Waals surface area contributed by atoms with E-state index in [2.05, 4.69) is 4.74 Å². The topological polar surface area (TPSA) is 35.5 Å². The van der Waals surface area contributed by atoms with Gasteiger partial charge in [-0.3, -0.25) is 4.79 Å². The van der Waals surface area contributed by atoms with Crippen LogP contribution in [0.3, 0.4) is 0 Å². The zero-order valence-electron chi connectivity index (χ0n) is 9.60. The van der Waals surface area contributed by atoms with Crippen molar-refractivity contribution in [2.24, 2.45) is 5.92 Å². The van der Waals surface area contributed by atoms with Gasteiger partial charge in [0.15, 0.2) is 0 Å². The molecule has 3 nitrogen and oxygen atoms in total. The third kappa shape index (κ3) is 2.35. The molecule has 1 aliphatic carbocycles. The quantitative estimate of drug-likeness (QED) is 0.733. The Morgan fingerprint density at radius 3 is 2.75 bits per heavy atom. The lowest BCUT2D eigenvalue weighted by atomic mass is 9.82. The van der Waals surface area contributed by atoms with Gasteiger partial charge in [0.1, 0.15) is 11.9 Å². The molecule has 2 rings (SSSR count). The van der Waals surface area contributed by atoms with Gasteiger partial charge in [-0.2, -0.15) is 0 Å². The highest BCUT2D eigenvalue weighted by molar-refractivity contribution is 5.73. The third-order valence-electron chi connectivity index (χ3n) is 2.92. The van der Waals surface area contributed by atoms with Crippen LogP contribution in [0.4, 0.5) is 0 Å². The minimum atomic E-state index is -0.121. The maximum atomic E-state index is 11.2. The Morgan fingerprint density at radius 1 is 1.38 bits per heavy atom. The largest absolute Gasteiger partial charge is 0.490 e. The van der Waals surface area contributed by atoms with E-state index in [0.29, 0.717) is 0 Å². The van der Waals surface area contributed by atoms with Gasteiger partial charge in [-0.25, -0.2) is 0 Å². The smallest absolute Gasteiger partial charge is 0.308 e. The molecule has 86 valence electrons. The molecule has 0 bridgehead atoms. The average Bonchev–Trinajstić information content (AvgIpc) is 2.22. The number of ether oxygens (including phenoxy) is 2. The molecule has 1 aliphatic rings. The van der Waals surface area contributed by atoms with Crippen LogP contribution >= 0.6 is 0 Å². The summed E-state index contributed by atoms with van der Waals surface area (Å²) in [6.07, 6.45) is 1.69. The van der Waals surface area contributed by atoms with Gasteiger partial charge in [-0.1, -0.05) is 12.1 Å². The zero-order valence-corrected chi connectivity index (χ0v) is 9.60. The van der Waals surface area contributed by atoms with Crippen LogP contribution in [-0.2, 0) is 9.53 Å². The number of methoxy groups -OCH3 is 1. The summed E-state index contributed by atoms with van der Waals surface area (Å²) in [4.78, 5) is 11.2. The van der Waals surface area contributed by atoms with Crippen LogP contribution in [-0.4, -0.2) is 19.2 Å². The lowest BCUT2D eigenvalue weighted by molar-refractivity contribution is -0.151. The van der Waals surface area contributed by atoms with Crippen LogP contribution in [0.1, 0.15) is 18.4 Å². The number of rotatable bonds is 3. The Hall–Kier alpha value is -1.51. The van der Waals surface area contributed by atoms with Gasteiger partial charge in [0, 0.05) is 0 Å². The Bertz CT molecular complexity index is 381. The van der Waals surface area contributed by atoms with Crippen molar-refractivity contribution in [2.75, 3.05) is 7.11 Å². The second-order valence-electron chi connectivity index (χ2n) is 4.25. The maximum absolute atomic E-state index is 11.2. The Balaban J connectivity index is 1.84. The van der Waals surface area contributed by atoms with Gasteiger partial charge >= 0.3 is 5.97 Å². The van der Waals surface area contributed by atoms with Crippen molar-refractivity contribution in [1.29, 1.82) is 0 Å². The molecule has 1 fully saturated rings. The molecule has 3 heteroatoms. The molecule has 1 aromatic rings. The van der Waals surface area contributed by atoms with Crippen molar-refractivity contribution in [1.82, 2.24) is 0 Å². The highest BCUT2D eigenvalue weighted by Gasteiger charge is 2.36. The lowest BCUT2D eigenvalue weighted by Gasteiger charge is -2.33. The van der Waals surface area contributed by atoms with Crippen molar-refractivity contribution >= 4 is 5.97 Å². The average molecular weight is 220 g/mol. The first kappa shape index (κ1) is 11.0. The van der Waals surface area contributed by atoms with Crippen molar-refractivity contribution < 1.29 is 14.3 Å². The summed E-state index contributed by atoms with van der Waals surface area (Å²) in [5, 5.41) is 0. The SMILES string of the molecule is COC(=O)C1CC(Oc2cccc(C)c2)C1. The van der Waals surface area contributed by atoms with E-state index in [-0.39, 0.29) is 18.0 Å². The molecule has 0 spiro atoms. The number of carbonyl (C=O) groups is 1. The summed E-state index contributed by atoms with van der Waals surface area (Å²) in [5.74, 6) is 0.789. The normalized spacial score (nSPS) is 23.4. The molecule has 0 unspecified atom stereocenters. The van der Waals surface area contributed by atoms with Crippen molar-refractivity contribution in [2.45, 2.75) is 25.9 Å². The molecular formula is C13H16O3. The Labute approximate surface area is 95.4 Å². The van der Waals surface area contributed by atoms with Crippen LogP contribution in [0.2, 0.25) is 0 Å². The van der Waals surface area contributed by atoms with E-state index < -0.39 is 0 Å². The summed E-state index contributed by atoms with van der Waals surface area (Å²) in [6.45, 7) is 2.03. The molecule has 0 amide bonds. The van der Waals surface area contributed by atoms with E-state index in [1.807, 2.05) is 31.2 Å². The highest BCUT2D eigenvalue weighted by Crippen LogP contribution is 2.32. The number of aryl methyl sites for hydroxylation is 1. The number of benzene rings is 1. The van der Waals surface area contributed by atoms with Gasteiger partial charge in [0.05, 0.1) is 13.0 Å². The van der Waals surface area contributed by atoms with Crippen molar-refractivity contribution in [3.63, 3.8) is 0 Å². The van der Waals surface area contributed by atoms with Gasteiger partial charge in [-0.15, -0.1) is 0 Å². The van der Waals surface area contributed by atoms with Gasteiger partial charge < -0.3 is 9.47 Å². The Kier molecular flexibility index (Phi) is 3.13. The van der Waals surface area contributed by atoms with E-state index in [1.165, 1.54) is 12.7 Å². The highest BCUT2D eigenvalue weighted by atomic mass is 16.5. The van der Waals surface area contributed by atoms with E-state index >= 15 is 0 Å². The summed E-state index contributed by atoms with van der Waals surface area (Å²) in [6, 6.07) is 7.95. The van der Waals surface area contributed by atoms with Crippen molar-refractivity contribution in [3.05, 3.63) is 29.8 Å². The molecule has 1 aromatic carbocycles. The van der Waals surface area contributed by atoms with E-state index in [9.17, 15) is 4.79 Å². The first-order chi connectivity index (χ1) is 7.69. The number of carbonyl (C=O) groups excluding carboxylic acids is 1. The predicted octanol–water partition coefficient (Wildman–Crippen LogP) is 2.33. The van der Waals surface area contributed by atoms with Gasteiger partial charge in [0.25, 0.3) is 0 Å². The first-order valence-electron chi connectivity index (χ1n) is 5.50. The fourth-order valence-electron chi connectivity index (χ4n) is 1.90. The molecule has 0 aromatic heterocycles. The second-order valence-corrected chi connectivity index (χ2v) is 4.25.